The van der Waals surface area contributed by atoms with Gasteiger partial charge in [0.05, 0.1) is 0 Å². The summed E-state index contributed by atoms with van der Waals surface area (Å²) in [5, 5.41) is 0. The molecule has 0 rings (SSSR count). The van der Waals surface area contributed by atoms with Gasteiger partial charge in [-0.3, -0.25) is 0 Å². The molecule has 8 heteroatoms. The predicted molar refractivity (Wildman–Crippen MR) is 40.6 cm³/mol. The Hall–Kier alpha value is -0.270. The Labute approximate surface area is 59.8 Å². The molecule has 0 aliphatic rings. The van der Waals surface area contributed by atoms with Crippen LogP contribution < -0.4 is 18.5 Å². The Morgan fingerprint density at radius 3 is 0.900 bits per heavy atom. The molecule has 7 nitrogen and oxygen atoms in total. The van der Waals surface area contributed by atoms with Crippen LogP contribution in [0.2, 0.25) is 0 Å². The molecule has 0 unspecified atom stereocenters. The van der Waals surface area contributed by atoms with Crippen molar-refractivity contribution in [3.63, 3.8) is 0 Å². The lowest BCUT2D eigenvalue weighted by Gasteiger charge is -1.82. The van der Waals surface area contributed by atoms with Gasteiger partial charge in [-0.2, -0.15) is 0 Å². The Morgan fingerprint density at radius 1 is 0.900 bits per heavy atom. The van der Waals surface area contributed by atoms with E-state index >= 15 is 0 Å². The number of rotatable bonds is 0. The van der Waals surface area contributed by atoms with Crippen LogP contribution in [-0.4, -0.2) is 14.7 Å². The first-order chi connectivity index (χ1) is 3.00. The summed E-state index contributed by atoms with van der Waals surface area (Å²) in [6.07, 6.45) is 0. The molecule has 0 aliphatic heterocycles. The average Bonchev–Trinajstić information content (AvgIpc) is 1.36. The molecule has 0 fully saturated rings. The summed E-state index contributed by atoms with van der Waals surface area (Å²) in [7, 11) is -4.64. The highest BCUT2D eigenvalue weighted by molar-refractivity contribution is 7.45. The molecule has 0 spiro atoms. The van der Waals surface area contributed by atoms with Crippen LogP contribution in [0.5, 0.6) is 0 Å². The van der Waals surface area contributed by atoms with Crippen LogP contribution in [0.25, 0.3) is 0 Å². The fourth-order valence-corrected chi connectivity index (χ4v) is 0. The largest absolute Gasteiger partial charge is 0.466 e. The van der Waals surface area contributed by atoms with E-state index in [0.717, 1.165) is 0 Å². The summed E-state index contributed by atoms with van der Waals surface area (Å²) in [5.74, 6) is 0. The standard InChI is InChI=1S/C2H4.3H3N.H3O4P/c1-2;;;;1-5(2,3)4/h1-2H2;3*1H3;(H3,1,2,3,4). The van der Waals surface area contributed by atoms with Gasteiger partial charge < -0.3 is 33.1 Å². The van der Waals surface area contributed by atoms with E-state index in [2.05, 4.69) is 13.2 Å². The maximum Gasteiger partial charge on any atom is 0.466 e. The molecule has 0 bridgehead atoms. The lowest BCUT2D eigenvalue weighted by molar-refractivity contribution is 0.275. The molecule has 0 saturated heterocycles. The van der Waals surface area contributed by atoms with Crippen molar-refractivity contribution in [1.29, 1.82) is 0 Å². The van der Waals surface area contributed by atoms with Gasteiger partial charge in [0.25, 0.3) is 0 Å². The van der Waals surface area contributed by atoms with Gasteiger partial charge in [-0.05, 0) is 0 Å². The summed E-state index contributed by atoms with van der Waals surface area (Å²) < 4.78 is 8.88. The summed E-state index contributed by atoms with van der Waals surface area (Å²) >= 11 is 0. The second kappa shape index (κ2) is 15.9. The normalized spacial score (nSPS) is 6.30. The van der Waals surface area contributed by atoms with Gasteiger partial charge in [0.2, 0.25) is 0 Å². The van der Waals surface area contributed by atoms with E-state index in [1.54, 1.807) is 0 Å². The maximum atomic E-state index is 8.88. The van der Waals surface area contributed by atoms with Gasteiger partial charge in [-0.1, -0.05) is 0 Å². The quantitative estimate of drug-likeness (QED) is 0.228. The first-order valence-corrected chi connectivity index (χ1v) is 2.85. The molecule has 0 aliphatic carbocycles. The van der Waals surface area contributed by atoms with Crippen molar-refractivity contribution >= 4 is 7.82 Å². The molecule has 0 atom stereocenters. The fourth-order valence-electron chi connectivity index (χ4n) is 0. The van der Waals surface area contributed by atoms with Crippen LogP contribution in [-0.2, 0) is 4.57 Å². The van der Waals surface area contributed by atoms with E-state index in [9.17, 15) is 0 Å². The molecular formula is C2H16N3O4P. The van der Waals surface area contributed by atoms with E-state index in [0.29, 0.717) is 0 Å². The van der Waals surface area contributed by atoms with Gasteiger partial charge in [0.15, 0.2) is 0 Å². The Kier molecular flexibility index (Phi) is 52.7. The van der Waals surface area contributed by atoms with Crippen molar-refractivity contribution in [2.24, 2.45) is 0 Å². The Balaban J connectivity index is -0.0000000154. The maximum absolute atomic E-state index is 8.88. The van der Waals surface area contributed by atoms with Crippen LogP contribution >= 0.6 is 7.82 Å². The second-order valence-corrected chi connectivity index (χ2v) is 1.54. The summed E-state index contributed by atoms with van der Waals surface area (Å²) in [4.78, 5) is 21.6. The lowest BCUT2D eigenvalue weighted by Crippen LogP contribution is -1.66. The number of hydrogen-bond donors (Lipinski definition) is 6. The first-order valence-electron chi connectivity index (χ1n) is 1.28. The first kappa shape index (κ1) is 33.1. The molecule has 0 amide bonds. The molecule has 10 heavy (non-hydrogen) atoms. The van der Waals surface area contributed by atoms with E-state index in [4.69, 9.17) is 19.2 Å². The lowest BCUT2D eigenvalue weighted by atomic mass is 11.3. The minimum atomic E-state index is -4.64. The van der Waals surface area contributed by atoms with Crippen LogP contribution in [0.1, 0.15) is 0 Å². The van der Waals surface area contributed by atoms with E-state index in [-0.39, 0.29) is 18.5 Å². The molecular weight excluding hydrogens is 161 g/mol. The van der Waals surface area contributed by atoms with Crippen molar-refractivity contribution in [2.45, 2.75) is 0 Å². The van der Waals surface area contributed by atoms with Crippen molar-refractivity contribution in [3.8, 4) is 0 Å². The van der Waals surface area contributed by atoms with Gasteiger partial charge in [-0.15, -0.1) is 13.2 Å². The third kappa shape index (κ3) is 4800. The summed E-state index contributed by atoms with van der Waals surface area (Å²) in [6, 6.07) is 0. The van der Waals surface area contributed by atoms with Gasteiger partial charge in [0.1, 0.15) is 0 Å². The Bertz CT molecular complexity index is 74.3. The van der Waals surface area contributed by atoms with Crippen LogP contribution in [0.4, 0.5) is 0 Å². The zero-order chi connectivity index (χ0) is 6.50. The Morgan fingerprint density at radius 2 is 0.900 bits per heavy atom. The third-order valence-corrected chi connectivity index (χ3v) is 0. The van der Waals surface area contributed by atoms with Crippen molar-refractivity contribution < 1.29 is 19.2 Å². The van der Waals surface area contributed by atoms with Gasteiger partial charge in [0, 0.05) is 0 Å². The zero-order valence-electron chi connectivity index (χ0n) is 5.73. The van der Waals surface area contributed by atoms with Crippen molar-refractivity contribution in [3.05, 3.63) is 13.2 Å². The molecule has 0 aromatic heterocycles. The van der Waals surface area contributed by atoms with E-state index in [1.165, 1.54) is 0 Å². The van der Waals surface area contributed by atoms with Crippen molar-refractivity contribution in [2.75, 3.05) is 0 Å². The number of phosphoric acid groups is 1. The van der Waals surface area contributed by atoms with Gasteiger partial charge >= 0.3 is 7.82 Å². The van der Waals surface area contributed by atoms with E-state index in [1.807, 2.05) is 0 Å². The molecule has 12 N–H and O–H groups in total. The smallest absolute Gasteiger partial charge is 0.344 e. The second-order valence-electron chi connectivity index (χ2n) is 0.513. The van der Waals surface area contributed by atoms with Gasteiger partial charge in [-0.25, -0.2) is 4.57 Å². The molecule has 0 aromatic rings. The van der Waals surface area contributed by atoms with Crippen LogP contribution in [0.3, 0.4) is 0 Å². The zero-order valence-corrected chi connectivity index (χ0v) is 6.63. The SMILES string of the molecule is C=C.N.N.N.O=P(O)(O)O. The predicted octanol–water partition coefficient (Wildman–Crippen LogP) is 0.360. The average molecular weight is 177 g/mol. The molecule has 0 heterocycles. The molecule has 0 radical (unpaired) electrons. The summed E-state index contributed by atoms with van der Waals surface area (Å²) in [5.41, 5.74) is 0. The van der Waals surface area contributed by atoms with Crippen LogP contribution in [0.15, 0.2) is 13.2 Å². The minimum absolute atomic E-state index is 0. The highest BCUT2D eigenvalue weighted by atomic mass is 31.2. The molecule has 0 aromatic carbocycles. The molecule has 68 valence electrons. The van der Waals surface area contributed by atoms with Crippen molar-refractivity contribution in [1.82, 2.24) is 18.5 Å². The monoisotopic (exact) mass is 177 g/mol. The highest BCUT2D eigenvalue weighted by Gasteiger charge is 2.00. The fraction of sp³-hybridized carbons (Fsp3) is 0. The molecule has 0 saturated carbocycles. The minimum Gasteiger partial charge on any atom is -0.344 e. The highest BCUT2D eigenvalue weighted by Crippen LogP contribution is 2.25. The number of hydrogen-bond acceptors (Lipinski definition) is 4. The summed E-state index contributed by atoms with van der Waals surface area (Å²) in [6.45, 7) is 6.00. The third-order valence-electron chi connectivity index (χ3n) is 0. The van der Waals surface area contributed by atoms with Crippen LogP contribution in [0, 0.1) is 0 Å². The van der Waals surface area contributed by atoms with E-state index < -0.39 is 7.82 Å². The topological polar surface area (TPSA) is 183 Å².